The predicted octanol–water partition coefficient (Wildman–Crippen LogP) is 12.0. The second-order valence-electron chi connectivity index (χ2n) is 12.5. The average Bonchev–Trinajstić information content (AvgIpc) is 3.58. The Morgan fingerprint density at radius 2 is 1.12 bits per heavy atom. The monoisotopic (exact) mass is 656 g/mol. The highest BCUT2D eigenvalue weighted by Gasteiger charge is 2.26. The second-order valence-corrected chi connectivity index (χ2v) is 12.5. The quantitative estimate of drug-likeness (QED) is 0.184. The molecule has 6 aromatic carbocycles. The number of hydrogen-bond donors (Lipinski definition) is 0. The zero-order valence-electron chi connectivity index (χ0n) is 27.3. The van der Waals surface area contributed by atoms with E-state index in [0.29, 0.717) is 5.82 Å². The van der Waals surface area contributed by atoms with Gasteiger partial charge < -0.3 is 14.1 Å². The van der Waals surface area contributed by atoms with Crippen molar-refractivity contribution < 1.29 is 9.15 Å². The smallest absolute Gasteiger partial charge is 0.160 e. The van der Waals surface area contributed by atoms with Gasteiger partial charge in [0, 0.05) is 51.1 Å². The lowest BCUT2D eigenvalue weighted by Crippen LogP contribution is -2.15. The van der Waals surface area contributed by atoms with Crippen LogP contribution in [0.4, 0.5) is 17.1 Å². The van der Waals surface area contributed by atoms with Crippen molar-refractivity contribution in [3.63, 3.8) is 0 Å². The van der Waals surface area contributed by atoms with Crippen LogP contribution in [-0.4, -0.2) is 15.0 Å². The summed E-state index contributed by atoms with van der Waals surface area (Å²) in [6, 6.07) is 53.5. The minimum absolute atomic E-state index is 0.642. The molecule has 0 fully saturated rings. The van der Waals surface area contributed by atoms with Gasteiger partial charge in [-0.15, -0.1) is 0 Å². The van der Waals surface area contributed by atoms with E-state index in [1.807, 2.05) is 97.2 Å². The molecule has 0 aliphatic carbocycles. The van der Waals surface area contributed by atoms with Crippen LogP contribution in [-0.2, 0) is 0 Å². The van der Waals surface area contributed by atoms with Crippen LogP contribution in [0.3, 0.4) is 0 Å². The van der Waals surface area contributed by atoms with Gasteiger partial charge >= 0.3 is 0 Å². The van der Waals surface area contributed by atoms with Crippen LogP contribution in [0.25, 0.3) is 67.0 Å². The van der Waals surface area contributed by atoms with Crippen molar-refractivity contribution in [2.45, 2.75) is 0 Å². The molecular formula is C45H28N4O2. The Kier molecular flexibility index (Phi) is 6.70. The summed E-state index contributed by atoms with van der Waals surface area (Å²) >= 11 is 0. The molecule has 6 nitrogen and oxygen atoms in total. The SMILES string of the molecule is c1ccc(-c2nc(-c3cc(-c4cccnc4)cc(N4c5ccccc5Oc5ccccc54)c3)cc(-c3ccc4c(c3)oc3ccccc34)n2)cc1. The zero-order chi connectivity index (χ0) is 33.7. The van der Waals surface area contributed by atoms with Gasteiger partial charge in [-0.1, -0.05) is 84.9 Å². The standard InChI is InChI=1S/C45H28N4O2/c1-2-11-29(12-3-1)45-47-37(30-20-21-36-35-14-4-7-17-41(35)50-44(36)26-30)27-38(48-45)33-23-32(31-13-10-22-46-28-31)24-34(25-33)49-39-15-5-8-18-42(39)51-43-19-9-6-16-40(43)49/h1-28H. The summed E-state index contributed by atoms with van der Waals surface area (Å²) in [6.07, 6.45) is 3.69. The summed E-state index contributed by atoms with van der Waals surface area (Å²) in [4.78, 5) is 17.1. The molecule has 10 rings (SSSR count). The van der Waals surface area contributed by atoms with Crippen molar-refractivity contribution >= 4 is 39.0 Å². The highest BCUT2D eigenvalue weighted by Crippen LogP contribution is 2.51. The molecule has 0 saturated carbocycles. The maximum absolute atomic E-state index is 6.36. The summed E-state index contributed by atoms with van der Waals surface area (Å²) in [5, 5.41) is 2.17. The van der Waals surface area contributed by atoms with Gasteiger partial charge in [0.15, 0.2) is 17.3 Å². The number of pyridine rings is 1. The van der Waals surface area contributed by atoms with Crippen molar-refractivity contribution in [1.29, 1.82) is 0 Å². The Morgan fingerprint density at radius 1 is 0.451 bits per heavy atom. The van der Waals surface area contributed by atoms with Crippen molar-refractivity contribution in [3.05, 3.63) is 170 Å². The number of ether oxygens (including phenoxy) is 1. The third-order valence-corrected chi connectivity index (χ3v) is 9.33. The van der Waals surface area contributed by atoms with E-state index >= 15 is 0 Å². The normalized spacial score (nSPS) is 12.0. The van der Waals surface area contributed by atoms with Gasteiger partial charge in [0.2, 0.25) is 0 Å². The molecular weight excluding hydrogens is 629 g/mol. The fraction of sp³-hybridized carbons (Fsp3) is 0. The zero-order valence-corrected chi connectivity index (χ0v) is 27.3. The lowest BCUT2D eigenvalue weighted by molar-refractivity contribution is 0.477. The van der Waals surface area contributed by atoms with E-state index in [2.05, 4.69) is 76.6 Å². The molecule has 3 aromatic heterocycles. The molecule has 51 heavy (non-hydrogen) atoms. The first-order chi connectivity index (χ1) is 25.2. The van der Waals surface area contributed by atoms with Gasteiger partial charge in [-0.25, -0.2) is 9.97 Å². The van der Waals surface area contributed by atoms with Crippen LogP contribution in [0.2, 0.25) is 0 Å². The number of nitrogens with zero attached hydrogens (tertiary/aromatic N) is 4. The Balaban J connectivity index is 1.20. The molecule has 0 spiro atoms. The minimum atomic E-state index is 0.642. The maximum atomic E-state index is 6.36. The molecule has 240 valence electrons. The van der Waals surface area contributed by atoms with Crippen molar-refractivity contribution in [3.8, 4) is 56.5 Å². The third kappa shape index (κ3) is 5.09. The molecule has 1 aliphatic rings. The molecule has 9 aromatic rings. The van der Waals surface area contributed by atoms with Crippen LogP contribution < -0.4 is 9.64 Å². The summed E-state index contributed by atoms with van der Waals surface area (Å²) in [7, 11) is 0. The van der Waals surface area contributed by atoms with Gasteiger partial charge in [0.1, 0.15) is 11.2 Å². The first kappa shape index (κ1) is 28.9. The van der Waals surface area contributed by atoms with E-state index in [4.69, 9.17) is 19.1 Å². The highest BCUT2D eigenvalue weighted by molar-refractivity contribution is 6.05. The maximum Gasteiger partial charge on any atom is 0.160 e. The molecule has 0 amide bonds. The molecule has 0 N–H and O–H groups in total. The molecule has 4 heterocycles. The minimum Gasteiger partial charge on any atom is -0.456 e. The number of rotatable bonds is 5. The largest absolute Gasteiger partial charge is 0.456 e. The molecule has 0 saturated heterocycles. The summed E-state index contributed by atoms with van der Waals surface area (Å²) in [5.74, 6) is 2.23. The number of aromatic nitrogens is 3. The molecule has 6 heteroatoms. The number of hydrogen-bond acceptors (Lipinski definition) is 6. The fourth-order valence-electron chi connectivity index (χ4n) is 6.92. The lowest BCUT2D eigenvalue weighted by Gasteiger charge is -2.33. The third-order valence-electron chi connectivity index (χ3n) is 9.33. The Hall–Kier alpha value is -7.05. The Labute approximate surface area is 293 Å². The summed E-state index contributed by atoms with van der Waals surface area (Å²) in [5.41, 5.74) is 11.0. The predicted molar refractivity (Wildman–Crippen MR) is 204 cm³/mol. The molecule has 0 radical (unpaired) electrons. The number of fused-ring (bicyclic) bond motifs is 5. The van der Waals surface area contributed by atoms with Gasteiger partial charge in [0.25, 0.3) is 0 Å². The average molecular weight is 657 g/mol. The molecule has 1 aliphatic heterocycles. The van der Waals surface area contributed by atoms with Crippen LogP contribution in [0.15, 0.2) is 175 Å². The van der Waals surface area contributed by atoms with Crippen molar-refractivity contribution in [2.24, 2.45) is 0 Å². The van der Waals surface area contributed by atoms with E-state index in [1.54, 1.807) is 6.20 Å². The van der Waals surface area contributed by atoms with Crippen LogP contribution in [0.1, 0.15) is 0 Å². The van der Waals surface area contributed by atoms with E-state index < -0.39 is 0 Å². The molecule has 0 bridgehead atoms. The van der Waals surface area contributed by atoms with E-state index in [-0.39, 0.29) is 0 Å². The van der Waals surface area contributed by atoms with E-state index in [0.717, 1.165) is 89.7 Å². The molecule has 0 unspecified atom stereocenters. The summed E-state index contributed by atoms with van der Waals surface area (Å²) < 4.78 is 12.6. The van der Waals surface area contributed by atoms with Crippen LogP contribution >= 0.6 is 0 Å². The van der Waals surface area contributed by atoms with Crippen LogP contribution in [0.5, 0.6) is 11.5 Å². The number of anilines is 3. The van der Waals surface area contributed by atoms with Crippen LogP contribution in [0, 0.1) is 0 Å². The number of furan rings is 1. The molecule has 0 atom stereocenters. The number of benzene rings is 6. The van der Waals surface area contributed by atoms with E-state index in [1.165, 1.54) is 0 Å². The van der Waals surface area contributed by atoms with Gasteiger partial charge in [-0.05, 0) is 78.4 Å². The highest BCUT2D eigenvalue weighted by atomic mass is 16.5. The summed E-state index contributed by atoms with van der Waals surface area (Å²) in [6.45, 7) is 0. The van der Waals surface area contributed by atoms with E-state index in [9.17, 15) is 0 Å². The second kappa shape index (κ2) is 11.8. The van der Waals surface area contributed by atoms with Crippen molar-refractivity contribution in [1.82, 2.24) is 15.0 Å². The first-order valence-electron chi connectivity index (χ1n) is 16.8. The Morgan fingerprint density at radius 3 is 1.90 bits per heavy atom. The van der Waals surface area contributed by atoms with Crippen molar-refractivity contribution in [2.75, 3.05) is 4.90 Å². The Bertz CT molecular complexity index is 2700. The van der Waals surface area contributed by atoms with Gasteiger partial charge in [-0.2, -0.15) is 0 Å². The topological polar surface area (TPSA) is 64.3 Å². The van der Waals surface area contributed by atoms with Gasteiger partial charge in [0.05, 0.1) is 22.8 Å². The number of para-hydroxylation sites is 5. The fourth-order valence-corrected chi connectivity index (χ4v) is 6.92. The first-order valence-corrected chi connectivity index (χ1v) is 16.8. The lowest BCUT2D eigenvalue weighted by atomic mass is 9.99. The van der Waals surface area contributed by atoms with Gasteiger partial charge in [-0.3, -0.25) is 4.98 Å².